The minimum absolute atomic E-state index is 0.0424. The predicted molar refractivity (Wildman–Crippen MR) is 106 cm³/mol. The van der Waals surface area contributed by atoms with Crippen LogP contribution in [0, 0.1) is 5.92 Å². The monoisotopic (exact) mass is 380 g/mol. The van der Waals surface area contributed by atoms with Crippen LogP contribution in [0.3, 0.4) is 0 Å². The number of hydrogen-bond acceptors (Lipinski definition) is 5. The van der Waals surface area contributed by atoms with Gasteiger partial charge in [0.25, 0.3) is 5.91 Å². The van der Waals surface area contributed by atoms with Gasteiger partial charge in [-0.1, -0.05) is 30.3 Å². The van der Waals surface area contributed by atoms with E-state index in [4.69, 9.17) is 4.74 Å². The van der Waals surface area contributed by atoms with Crippen molar-refractivity contribution in [3.8, 4) is 0 Å². The molecule has 0 bridgehead atoms. The molecule has 3 heterocycles. The fraction of sp³-hybridized carbons (Fsp3) is 0.381. The van der Waals surface area contributed by atoms with E-state index in [1.54, 1.807) is 29.1 Å². The average molecular weight is 380 g/mol. The SMILES string of the molecule is CN(CC1CCOC1)C(=O)c1cnc2c(c1)N(Cc1ccccc1)C(=O)CN2. The lowest BCUT2D eigenvalue weighted by atomic mass is 10.1. The van der Waals surface area contributed by atoms with Gasteiger partial charge in [-0.3, -0.25) is 9.59 Å². The number of carbonyl (C=O) groups excluding carboxylic acids is 2. The summed E-state index contributed by atoms with van der Waals surface area (Å²) in [6, 6.07) is 11.6. The largest absolute Gasteiger partial charge is 0.381 e. The van der Waals surface area contributed by atoms with Crippen LogP contribution in [0.4, 0.5) is 11.5 Å². The summed E-state index contributed by atoms with van der Waals surface area (Å²) in [5, 5.41) is 3.04. The van der Waals surface area contributed by atoms with Crippen LogP contribution in [0.1, 0.15) is 22.3 Å². The normalized spacial score (nSPS) is 18.5. The van der Waals surface area contributed by atoms with Crippen molar-refractivity contribution in [2.75, 3.05) is 43.6 Å². The second-order valence-corrected chi connectivity index (χ2v) is 7.33. The van der Waals surface area contributed by atoms with Crippen molar-refractivity contribution in [1.82, 2.24) is 9.88 Å². The topological polar surface area (TPSA) is 74.8 Å². The summed E-state index contributed by atoms with van der Waals surface area (Å²) in [7, 11) is 1.80. The molecule has 28 heavy (non-hydrogen) atoms. The van der Waals surface area contributed by atoms with Gasteiger partial charge in [0, 0.05) is 32.3 Å². The summed E-state index contributed by atoms with van der Waals surface area (Å²) in [5.41, 5.74) is 2.15. The maximum Gasteiger partial charge on any atom is 0.255 e. The fourth-order valence-corrected chi connectivity index (χ4v) is 3.66. The lowest BCUT2D eigenvalue weighted by Gasteiger charge is -2.30. The van der Waals surface area contributed by atoms with Crippen LogP contribution in [0.2, 0.25) is 0 Å². The number of pyridine rings is 1. The molecule has 1 unspecified atom stereocenters. The molecule has 2 aromatic rings. The molecule has 1 aromatic heterocycles. The minimum atomic E-state index is -0.0973. The Morgan fingerprint density at radius 3 is 2.93 bits per heavy atom. The van der Waals surface area contributed by atoms with Gasteiger partial charge in [-0.05, 0) is 18.1 Å². The first kappa shape index (κ1) is 18.4. The first-order valence-electron chi connectivity index (χ1n) is 9.53. The second kappa shape index (κ2) is 7.98. The lowest BCUT2D eigenvalue weighted by Crippen LogP contribution is -2.40. The highest BCUT2D eigenvalue weighted by molar-refractivity contribution is 6.04. The Labute approximate surface area is 164 Å². The van der Waals surface area contributed by atoms with Crippen molar-refractivity contribution < 1.29 is 14.3 Å². The van der Waals surface area contributed by atoms with Crippen LogP contribution in [0.5, 0.6) is 0 Å². The first-order chi connectivity index (χ1) is 13.6. The van der Waals surface area contributed by atoms with Crippen molar-refractivity contribution in [2.45, 2.75) is 13.0 Å². The lowest BCUT2D eigenvalue weighted by molar-refractivity contribution is -0.117. The van der Waals surface area contributed by atoms with Gasteiger partial charge in [0.05, 0.1) is 30.9 Å². The van der Waals surface area contributed by atoms with Crippen LogP contribution < -0.4 is 10.2 Å². The number of nitrogens with zero attached hydrogens (tertiary/aromatic N) is 3. The number of aromatic nitrogens is 1. The summed E-state index contributed by atoms with van der Waals surface area (Å²) >= 11 is 0. The van der Waals surface area contributed by atoms with Gasteiger partial charge in [-0.25, -0.2) is 4.98 Å². The Morgan fingerprint density at radius 2 is 2.18 bits per heavy atom. The molecular formula is C21H24N4O3. The number of hydrogen-bond donors (Lipinski definition) is 1. The highest BCUT2D eigenvalue weighted by atomic mass is 16.5. The number of benzene rings is 1. The summed E-state index contributed by atoms with van der Waals surface area (Å²) in [6.07, 6.45) is 2.55. The Balaban J connectivity index is 1.56. The zero-order chi connectivity index (χ0) is 19.5. The van der Waals surface area contributed by atoms with Gasteiger partial charge in [0.15, 0.2) is 5.82 Å². The third kappa shape index (κ3) is 3.84. The molecule has 1 aromatic carbocycles. The van der Waals surface area contributed by atoms with Crippen molar-refractivity contribution in [3.05, 3.63) is 53.7 Å². The standard InChI is InChI=1S/C21H24N4O3/c1-24(12-16-7-8-28-14-16)21(27)17-9-18-20(22-10-17)23-11-19(26)25(18)13-15-5-3-2-4-6-15/h2-6,9-10,16H,7-8,11-14H2,1H3,(H,22,23). The molecule has 1 saturated heterocycles. The number of ether oxygens (including phenoxy) is 1. The molecule has 0 saturated carbocycles. The average Bonchev–Trinajstić information content (AvgIpc) is 3.23. The molecule has 2 aliphatic heterocycles. The van der Waals surface area contributed by atoms with Gasteiger partial charge in [0.2, 0.25) is 5.91 Å². The Bertz CT molecular complexity index is 865. The molecule has 1 atom stereocenters. The van der Waals surface area contributed by atoms with Crippen molar-refractivity contribution >= 4 is 23.3 Å². The van der Waals surface area contributed by atoms with E-state index in [1.807, 2.05) is 30.3 Å². The molecule has 7 nitrogen and oxygen atoms in total. The minimum Gasteiger partial charge on any atom is -0.381 e. The molecule has 2 amide bonds. The molecule has 1 fully saturated rings. The number of anilines is 2. The van der Waals surface area contributed by atoms with E-state index in [2.05, 4.69) is 10.3 Å². The van der Waals surface area contributed by atoms with Crippen molar-refractivity contribution in [1.29, 1.82) is 0 Å². The summed E-state index contributed by atoms with van der Waals surface area (Å²) in [6.45, 7) is 2.75. The number of fused-ring (bicyclic) bond motifs is 1. The highest BCUT2D eigenvalue weighted by Gasteiger charge is 2.27. The third-order valence-corrected chi connectivity index (χ3v) is 5.20. The third-order valence-electron chi connectivity index (χ3n) is 5.20. The van der Waals surface area contributed by atoms with E-state index in [0.29, 0.717) is 42.7 Å². The Hall–Kier alpha value is -2.93. The van der Waals surface area contributed by atoms with Crippen LogP contribution >= 0.6 is 0 Å². The predicted octanol–water partition coefficient (Wildman–Crippen LogP) is 2.15. The number of rotatable bonds is 5. The van der Waals surface area contributed by atoms with Crippen molar-refractivity contribution in [2.24, 2.45) is 5.92 Å². The van der Waals surface area contributed by atoms with Gasteiger partial charge in [-0.15, -0.1) is 0 Å². The van der Waals surface area contributed by atoms with E-state index in [9.17, 15) is 9.59 Å². The number of nitrogens with one attached hydrogen (secondary N) is 1. The van der Waals surface area contributed by atoms with Gasteiger partial charge < -0.3 is 19.9 Å². The summed E-state index contributed by atoms with van der Waals surface area (Å²) in [4.78, 5) is 33.2. The Kier molecular flexibility index (Phi) is 5.25. The second-order valence-electron chi connectivity index (χ2n) is 7.33. The molecule has 0 spiro atoms. The summed E-state index contributed by atoms with van der Waals surface area (Å²) in [5.74, 6) is 0.857. The van der Waals surface area contributed by atoms with Crippen molar-refractivity contribution in [3.63, 3.8) is 0 Å². The molecule has 0 radical (unpaired) electrons. The van der Waals surface area contributed by atoms with Crippen LogP contribution in [-0.2, 0) is 16.1 Å². The number of amides is 2. The molecule has 4 rings (SSSR count). The number of carbonyl (C=O) groups is 2. The van der Waals surface area contributed by atoms with Gasteiger partial charge in [-0.2, -0.15) is 0 Å². The van der Waals surface area contributed by atoms with Crippen LogP contribution in [-0.4, -0.2) is 55.0 Å². The Morgan fingerprint density at radius 1 is 1.36 bits per heavy atom. The van der Waals surface area contributed by atoms with Crippen LogP contribution in [0.25, 0.3) is 0 Å². The smallest absolute Gasteiger partial charge is 0.255 e. The van der Waals surface area contributed by atoms with E-state index in [-0.39, 0.29) is 18.4 Å². The quantitative estimate of drug-likeness (QED) is 0.860. The van der Waals surface area contributed by atoms with Gasteiger partial charge in [0.1, 0.15) is 0 Å². The van der Waals surface area contributed by atoms with E-state index in [0.717, 1.165) is 18.6 Å². The first-order valence-corrected chi connectivity index (χ1v) is 9.53. The fourth-order valence-electron chi connectivity index (χ4n) is 3.66. The highest BCUT2D eigenvalue weighted by Crippen LogP contribution is 2.30. The molecule has 7 heteroatoms. The zero-order valence-corrected chi connectivity index (χ0v) is 15.9. The zero-order valence-electron chi connectivity index (χ0n) is 15.9. The molecule has 0 aliphatic carbocycles. The maximum absolute atomic E-state index is 12.9. The van der Waals surface area contributed by atoms with E-state index < -0.39 is 0 Å². The van der Waals surface area contributed by atoms with E-state index in [1.165, 1.54) is 0 Å². The molecule has 146 valence electrons. The van der Waals surface area contributed by atoms with Gasteiger partial charge >= 0.3 is 0 Å². The molecular weight excluding hydrogens is 356 g/mol. The van der Waals surface area contributed by atoms with E-state index >= 15 is 0 Å². The molecule has 1 N–H and O–H groups in total. The summed E-state index contributed by atoms with van der Waals surface area (Å²) < 4.78 is 5.40. The van der Waals surface area contributed by atoms with Crippen LogP contribution in [0.15, 0.2) is 42.6 Å². The maximum atomic E-state index is 12.9. The molecule has 2 aliphatic rings.